The molecule has 9 nitrogen and oxygen atoms in total. The second-order valence-corrected chi connectivity index (χ2v) is 8.12. The van der Waals surface area contributed by atoms with Crippen LogP contribution in [0.5, 0.6) is 0 Å². The van der Waals surface area contributed by atoms with E-state index in [1.807, 2.05) is 35.6 Å². The number of rotatable bonds is 10. The first-order valence-electron chi connectivity index (χ1n) is 11.5. The molecule has 2 aromatic heterocycles. The van der Waals surface area contributed by atoms with Crippen molar-refractivity contribution in [3.63, 3.8) is 0 Å². The van der Waals surface area contributed by atoms with E-state index in [0.29, 0.717) is 17.1 Å². The fourth-order valence-electron chi connectivity index (χ4n) is 3.45. The number of pyridine rings is 1. The average molecular weight is 525 g/mol. The van der Waals surface area contributed by atoms with Crippen molar-refractivity contribution in [2.45, 2.75) is 25.9 Å². The molecule has 2 amide bonds. The van der Waals surface area contributed by atoms with Gasteiger partial charge in [-0.05, 0) is 42.0 Å². The zero-order valence-electron chi connectivity index (χ0n) is 20.0. The molecule has 0 spiro atoms. The van der Waals surface area contributed by atoms with Crippen LogP contribution in [0.15, 0.2) is 79.0 Å². The minimum Gasteiger partial charge on any atom is -0.370 e. The van der Waals surface area contributed by atoms with Crippen LogP contribution >= 0.6 is 0 Å². The van der Waals surface area contributed by atoms with E-state index in [1.54, 1.807) is 24.4 Å². The van der Waals surface area contributed by atoms with Gasteiger partial charge >= 0.3 is 6.18 Å². The third kappa shape index (κ3) is 7.23. The highest BCUT2D eigenvalue weighted by molar-refractivity contribution is 5.94. The standard InChI is InChI=1S/C26H23F3N6O3/c27-26(28,29)17-32-24(36)19-9-11-21(12-10-19)35-22(16-38-15-18-6-2-1-3-7-18)23(33-34-35)25(37)31-14-20-8-4-5-13-30-20/h1-13H,14-17H2,(H,31,37)(H,32,36). The van der Waals surface area contributed by atoms with Crippen LogP contribution in [0.1, 0.15) is 37.8 Å². The highest BCUT2D eigenvalue weighted by Gasteiger charge is 2.28. The van der Waals surface area contributed by atoms with Crippen LogP contribution in [0, 0.1) is 0 Å². The van der Waals surface area contributed by atoms with Crippen LogP contribution in [0.2, 0.25) is 0 Å². The van der Waals surface area contributed by atoms with E-state index in [0.717, 1.165) is 5.56 Å². The largest absolute Gasteiger partial charge is 0.405 e. The number of amides is 2. The Kier molecular flexibility index (Phi) is 8.44. The van der Waals surface area contributed by atoms with Crippen LogP contribution in [0.3, 0.4) is 0 Å². The molecule has 0 fully saturated rings. The number of hydrogen-bond acceptors (Lipinski definition) is 6. The number of alkyl halides is 3. The summed E-state index contributed by atoms with van der Waals surface area (Å²) in [5.74, 6) is -1.35. The molecule has 2 aromatic carbocycles. The van der Waals surface area contributed by atoms with Gasteiger partial charge in [-0.2, -0.15) is 13.2 Å². The number of nitrogens with one attached hydrogen (secondary N) is 2. The normalized spacial score (nSPS) is 11.2. The van der Waals surface area contributed by atoms with Crippen LogP contribution in [-0.2, 0) is 24.5 Å². The predicted molar refractivity (Wildman–Crippen MR) is 130 cm³/mol. The SMILES string of the molecule is O=C(NCC(F)(F)F)c1ccc(-n2nnc(C(=O)NCc3ccccn3)c2COCc2ccccc2)cc1. The first-order valence-corrected chi connectivity index (χ1v) is 11.5. The molecule has 0 unspecified atom stereocenters. The molecule has 0 atom stereocenters. The quantitative estimate of drug-likeness (QED) is 0.328. The van der Waals surface area contributed by atoms with Crippen molar-refractivity contribution >= 4 is 11.8 Å². The van der Waals surface area contributed by atoms with Crippen molar-refractivity contribution in [3.8, 4) is 5.69 Å². The van der Waals surface area contributed by atoms with Gasteiger partial charge in [0.15, 0.2) is 5.69 Å². The van der Waals surface area contributed by atoms with E-state index in [4.69, 9.17) is 4.74 Å². The summed E-state index contributed by atoms with van der Waals surface area (Å²) in [6.07, 6.45) is -2.90. The zero-order valence-corrected chi connectivity index (χ0v) is 20.0. The fraction of sp³-hybridized carbons (Fsp3) is 0.192. The summed E-state index contributed by atoms with van der Waals surface area (Å²) in [5.41, 5.74) is 2.46. The van der Waals surface area contributed by atoms with E-state index >= 15 is 0 Å². The van der Waals surface area contributed by atoms with Crippen LogP contribution in [0.25, 0.3) is 5.69 Å². The monoisotopic (exact) mass is 524 g/mol. The summed E-state index contributed by atoms with van der Waals surface area (Å²) in [6.45, 7) is -0.990. The zero-order chi connectivity index (χ0) is 27.0. The molecule has 0 saturated heterocycles. The first-order chi connectivity index (χ1) is 18.3. The third-order valence-electron chi connectivity index (χ3n) is 5.31. The molecule has 0 saturated carbocycles. The highest BCUT2D eigenvalue weighted by atomic mass is 19.4. The summed E-state index contributed by atoms with van der Waals surface area (Å²) in [6, 6.07) is 20.5. The molecule has 0 aliphatic heterocycles. The Morgan fingerprint density at radius 1 is 0.868 bits per heavy atom. The van der Waals surface area contributed by atoms with E-state index in [-0.39, 0.29) is 31.0 Å². The molecule has 0 radical (unpaired) electrons. The van der Waals surface area contributed by atoms with Crippen LogP contribution in [-0.4, -0.2) is 44.5 Å². The fourth-order valence-corrected chi connectivity index (χ4v) is 3.45. The highest BCUT2D eigenvalue weighted by Crippen LogP contribution is 2.17. The van der Waals surface area contributed by atoms with Gasteiger partial charge in [-0.25, -0.2) is 4.68 Å². The summed E-state index contributed by atoms with van der Waals surface area (Å²) in [5, 5.41) is 12.7. The minimum absolute atomic E-state index is 0.0119. The smallest absolute Gasteiger partial charge is 0.370 e. The number of carbonyl (C=O) groups is 2. The number of ether oxygens (including phenoxy) is 1. The van der Waals surface area contributed by atoms with E-state index in [1.165, 1.54) is 28.9 Å². The molecule has 2 N–H and O–H groups in total. The molecule has 0 bridgehead atoms. The van der Waals surface area contributed by atoms with Crippen molar-refractivity contribution < 1.29 is 27.5 Å². The second kappa shape index (κ2) is 12.1. The summed E-state index contributed by atoms with van der Waals surface area (Å²) >= 11 is 0. The summed E-state index contributed by atoms with van der Waals surface area (Å²) in [7, 11) is 0. The Hall–Kier alpha value is -4.58. The van der Waals surface area contributed by atoms with Gasteiger partial charge < -0.3 is 15.4 Å². The molecule has 0 aliphatic carbocycles. The number of benzene rings is 2. The van der Waals surface area contributed by atoms with Crippen molar-refractivity contribution in [1.82, 2.24) is 30.6 Å². The Balaban J connectivity index is 1.53. The number of aromatic nitrogens is 4. The van der Waals surface area contributed by atoms with Crippen molar-refractivity contribution in [1.29, 1.82) is 0 Å². The lowest BCUT2D eigenvalue weighted by atomic mass is 10.2. The Morgan fingerprint density at radius 3 is 2.29 bits per heavy atom. The van der Waals surface area contributed by atoms with Crippen LogP contribution < -0.4 is 10.6 Å². The van der Waals surface area contributed by atoms with E-state index < -0.39 is 24.5 Å². The first kappa shape index (κ1) is 26.5. The number of carbonyl (C=O) groups excluding carboxylic acids is 2. The molecule has 4 rings (SSSR count). The summed E-state index contributed by atoms with van der Waals surface area (Å²) < 4.78 is 44.5. The van der Waals surface area contributed by atoms with Gasteiger partial charge in [0.05, 0.1) is 31.1 Å². The molecule has 2 heterocycles. The summed E-state index contributed by atoms with van der Waals surface area (Å²) in [4.78, 5) is 29.2. The van der Waals surface area contributed by atoms with Gasteiger partial charge in [-0.1, -0.05) is 41.6 Å². The van der Waals surface area contributed by atoms with Crippen molar-refractivity contribution in [2.75, 3.05) is 6.54 Å². The third-order valence-corrected chi connectivity index (χ3v) is 5.31. The van der Waals surface area contributed by atoms with E-state index in [9.17, 15) is 22.8 Å². The Bertz CT molecular complexity index is 1360. The van der Waals surface area contributed by atoms with E-state index in [2.05, 4.69) is 20.6 Å². The van der Waals surface area contributed by atoms with Gasteiger partial charge in [0.25, 0.3) is 11.8 Å². The van der Waals surface area contributed by atoms with Gasteiger partial charge in [0.2, 0.25) is 0 Å². The van der Waals surface area contributed by atoms with Gasteiger partial charge in [-0.3, -0.25) is 14.6 Å². The maximum Gasteiger partial charge on any atom is 0.405 e. The molecule has 12 heteroatoms. The van der Waals surface area contributed by atoms with Gasteiger partial charge in [-0.15, -0.1) is 5.10 Å². The maximum absolute atomic E-state index is 13.0. The lowest BCUT2D eigenvalue weighted by Gasteiger charge is -2.11. The van der Waals surface area contributed by atoms with Crippen LogP contribution in [0.4, 0.5) is 13.2 Å². The second-order valence-electron chi connectivity index (χ2n) is 8.12. The number of nitrogens with zero attached hydrogens (tertiary/aromatic N) is 4. The maximum atomic E-state index is 13.0. The number of hydrogen-bond donors (Lipinski definition) is 2. The molecule has 38 heavy (non-hydrogen) atoms. The lowest BCUT2D eigenvalue weighted by molar-refractivity contribution is -0.123. The predicted octanol–water partition coefficient (Wildman–Crippen LogP) is 3.60. The molecule has 196 valence electrons. The number of halogens is 3. The van der Waals surface area contributed by atoms with Crippen molar-refractivity contribution in [2.24, 2.45) is 0 Å². The molecular weight excluding hydrogens is 501 g/mol. The molecular formula is C26H23F3N6O3. The average Bonchev–Trinajstić information content (AvgIpc) is 3.35. The minimum atomic E-state index is -4.52. The lowest BCUT2D eigenvalue weighted by Crippen LogP contribution is -2.33. The van der Waals surface area contributed by atoms with Crippen molar-refractivity contribution in [3.05, 3.63) is 107 Å². The Labute approximate surface area is 215 Å². The molecule has 0 aliphatic rings. The topological polar surface area (TPSA) is 111 Å². The Morgan fingerprint density at radius 2 is 1.61 bits per heavy atom. The van der Waals surface area contributed by atoms with Gasteiger partial charge in [0, 0.05) is 11.8 Å². The molecule has 4 aromatic rings. The van der Waals surface area contributed by atoms with Gasteiger partial charge in [0.1, 0.15) is 12.2 Å².